The van der Waals surface area contributed by atoms with Crippen LogP contribution >= 0.6 is 0 Å². The van der Waals surface area contributed by atoms with Crippen molar-refractivity contribution in [2.45, 2.75) is 38.1 Å². The number of anilines is 2. The maximum Gasteiger partial charge on any atom is 0.0419 e. The Morgan fingerprint density at radius 3 is 1.57 bits per heavy atom. The Bertz CT molecular complexity index is 2340. The van der Waals surface area contributed by atoms with E-state index in [9.17, 15) is 0 Å². The third-order valence-corrected chi connectivity index (χ3v) is 11.1. The van der Waals surface area contributed by atoms with E-state index in [-0.39, 0.29) is 0 Å². The molecule has 7 aromatic rings. The monoisotopic (exact) mass is 627 g/mol. The van der Waals surface area contributed by atoms with Crippen LogP contribution in [-0.2, 0) is 0 Å². The van der Waals surface area contributed by atoms with Crippen molar-refractivity contribution in [2.24, 2.45) is 0 Å². The summed E-state index contributed by atoms with van der Waals surface area (Å²) in [7, 11) is 0. The lowest BCUT2D eigenvalue weighted by Crippen LogP contribution is -2.32. The molecule has 7 aromatic carbocycles. The van der Waals surface area contributed by atoms with Crippen LogP contribution in [-0.4, -0.2) is 6.04 Å². The molecule has 10 rings (SSSR count). The van der Waals surface area contributed by atoms with Crippen LogP contribution in [0.15, 0.2) is 158 Å². The number of hydrogen-bond acceptors (Lipinski definition) is 1. The van der Waals surface area contributed by atoms with Gasteiger partial charge in [-0.05, 0) is 121 Å². The molecule has 0 atom stereocenters. The van der Waals surface area contributed by atoms with Crippen LogP contribution < -0.4 is 4.90 Å². The van der Waals surface area contributed by atoms with Gasteiger partial charge in [-0.15, -0.1) is 0 Å². The van der Waals surface area contributed by atoms with Crippen LogP contribution in [0, 0.1) is 0 Å². The molecule has 0 aliphatic heterocycles. The number of rotatable bonds is 5. The molecule has 0 amide bonds. The van der Waals surface area contributed by atoms with Crippen molar-refractivity contribution in [3.8, 4) is 77.9 Å². The largest absolute Gasteiger partial charge is 0.338 e. The smallest absolute Gasteiger partial charge is 0.0419 e. The lowest BCUT2D eigenvalue weighted by molar-refractivity contribution is 0.436. The minimum absolute atomic E-state index is 0.505. The lowest BCUT2D eigenvalue weighted by atomic mass is 9.82. The summed E-state index contributed by atoms with van der Waals surface area (Å²) in [6, 6.07) is 59.6. The summed E-state index contributed by atoms with van der Waals surface area (Å²) >= 11 is 0. The van der Waals surface area contributed by atoms with Crippen LogP contribution in [0.1, 0.15) is 32.1 Å². The molecule has 0 heterocycles. The van der Waals surface area contributed by atoms with Gasteiger partial charge in [0.25, 0.3) is 0 Å². The summed E-state index contributed by atoms with van der Waals surface area (Å²) in [6.07, 6.45) is 6.40. The average molecular weight is 628 g/mol. The first-order valence-electron chi connectivity index (χ1n) is 17.9. The molecule has 3 aliphatic rings. The molecule has 1 heteroatoms. The maximum absolute atomic E-state index is 2.62. The molecule has 234 valence electrons. The number of hydrogen-bond donors (Lipinski definition) is 0. The minimum Gasteiger partial charge on any atom is -0.338 e. The van der Waals surface area contributed by atoms with Gasteiger partial charge in [0.15, 0.2) is 0 Å². The first-order valence-corrected chi connectivity index (χ1v) is 17.9. The van der Waals surface area contributed by atoms with E-state index in [4.69, 9.17) is 0 Å². The Morgan fingerprint density at radius 1 is 0.327 bits per heavy atom. The first-order chi connectivity index (χ1) is 24.3. The molecule has 0 radical (unpaired) electrons. The van der Waals surface area contributed by atoms with Crippen LogP contribution in [0.2, 0.25) is 0 Å². The fraction of sp³-hybridized carbons (Fsp3) is 0.125. The average Bonchev–Trinajstić information content (AvgIpc) is 3.28. The zero-order valence-corrected chi connectivity index (χ0v) is 27.6. The molecule has 0 saturated heterocycles. The van der Waals surface area contributed by atoms with Crippen molar-refractivity contribution in [1.29, 1.82) is 0 Å². The molecule has 1 saturated carbocycles. The minimum atomic E-state index is 0.505. The van der Waals surface area contributed by atoms with E-state index in [2.05, 4.69) is 163 Å². The van der Waals surface area contributed by atoms with Gasteiger partial charge >= 0.3 is 0 Å². The summed E-state index contributed by atoms with van der Waals surface area (Å²) in [5.41, 5.74) is 20.9. The van der Waals surface area contributed by atoms with Gasteiger partial charge in [0.2, 0.25) is 0 Å². The van der Waals surface area contributed by atoms with Gasteiger partial charge in [0, 0.05) is 17.4 Å². The second kappa shape index (κ2) is 11.5. The standard InChI is InChI=1S/C48H37N/c1-3-12-32(13-4-1)34-14-9-17-38(30-34)49(36-15-5-2-6-16-36)37-27-24-33(25-28-37)35-26-29-40-43-21-11-22-44-45-23-10-20-42(48(45)46(40)31-35)39-18-7-8-19-41(39)47(43)44/h1,3-4,7-14,17-31,36H,2,5-6,15-16H2. The van der Waals surface area contributed by atoms with Crippen LogP contribution in [0.25, 0.3) is 77.9 Å². The van der Waals surface area contributed by atoms with Gasteiger partial charge in [0.1, 0.15) is 0 Å². The van der Waals surface area contributed by atoms with E-state index in [0.29, 0.717) is 6.04 Å². The quantitative estimate of drug-likeness (QED) is 0.183. The SMILES string of the molecule is c1ccc(-c2cccc(N(c3ccc(-c4ccc5c(c4)-c4c6cccc4-c4cccc-5c4-c4ccccc4-6)cc3)C3CCCCC3)c2)cc1. The second-order valence-electron chi connectivity index (χ2n) is 13.9. The summed E-state index contributed by atoms with van der Waals surface area (Å²) in [5.74, 6) is 0. The zero-order valence-electron chi connectivity index (χ0n) is 27.6. The summed E-state index contributed by atoms with van der Waals surface area (Å²) in [4.78, 5) is 2.62. The molecular formula is C48H37N. The predicted molar refractivity (Wildman–Crippen MR) is 207 cm³/mol. The number of nitrogens with zero attached hydrogens (tertiary/aromatic N) is 1. The molecule has 6 bridgehead atoms. The molecule has 0 spiro atoms. The van der Waals surface area contributed by atoms with Crippen molar-refractivity contribution in [3.63, 3.8) is 0 Å². The molecule has 49 heavy (non-hydrogen) atoms. The highest BCUT2D eigenvalue weighted by atomic mass is 15.2. The normalized spacial score (nSPS) is 14.0. The summed E-state index contributed by atoms with van der Waals surface area (Å²) < 4.78 is 0. The van der Waals surface area contributed by atoms with E-state index in [1.165, 1.54) is 121 Å². The lowest BCUT2D eigenvalue weighted by Gasteiger charge is -2.36. The van der Waals surface area contributed by atoms with Crippen molar-refractivity contribution < 1.29 is 0 Å². The fourth-order valence-corrected chi connectivity index (χ4v) is 8.87. The highest BCUT2D eigenvalue weighted by molar-refractivity contribution is 6.15. The molecule has 0 aromatic heterocycles. The summed E-state index contributed by atoms with van der Waals surface area (Å²) in [5, 5.41) is 0. The Hall–Kier alpha value is -5.66. The predicted octanol–water partition coefficient (Wildman–Crippen LogP) is 13.5. The first kappa shape index (κ1) is 28.4. The highest BCUT2D eigenvalue weighted by Crippen LogP contribution is 2.57. The fourth-order valence-electron chi connectivity index (χ4n) is 8.87. The van der Waals surface area contributed by atoms with Gasteiger partial charge in [-0.25, -0.2) is 0 Å². The van der Waals surface area contributed by atoms with Gasteiger partial charge in [-0.2, -0.15) is 0 Å². The Kier molecular flexibility index (Phi) is 6.65. The molecule has 1 fully saturated rings. The zero-order chi connectivity index (χ0) is 32.3. The second-order valence-corrected chi connectivity index (χ2v) is 13.9. The molecule has 0 unspecified atom stereocenters. The number of benzene rings is 7. The topological polar surface area (TPSA) is 3.24 Å². The Morgan fingerprint density at radius 2 is 0.837 bits per heavy atom. The molecular weight excluding hydrogens is 591 g/mol. The summed E-state index contributed by atoms with van der Waals surface area (Å²) in [6.45, 7) is 0. The van der Waals surface area contributed by atoms with Crippen molar-refractivity contribution in [2.75, 3.05) is 4.90 Å². The van der Waals surface area contributed by atoms with Crippen LogP contribution in [0.3, 0.4) is 0 Å². The van der Waals surface area contributed by atoms with Crippen molar-refractivity contribution in [3.05, 3.63) is 158 Å². The molecule has 3 aliphatic carbocycles. The maximum atomic E-state index is 2.62. The van der Waals surface area contributed by atoms with E-state index < -0.39 is 0 Å². The van der Waals surface area contributed by atoms with Gasteiger partial charge in [-0.1, -0.05) is 147 Å². The molecule has 0 N–H and O–H groups in total. The van der Waals surface area contributed by atoms with Crippen molar-refractivity contribution in [1.82, 2.24) is 0 Å². The van der Waals surface area contributed by atoms with Gasteiger partial charge in [-0.3, -0.25) is 0 Å². The van der Waals surface area contributed by atoms with Crippen LogP contribution in [0.4, 0.5) is 11.4 Å². The van der Waals surface area contributed by atoms with E-state index >= 15 is 0 Å². The third-order valence-electron chi connectivity index (χ3n) is 11.1. The Balaban J connectivity index is 1.07. The number of fused-ring (bicyclic) bond motifs is 4. The van der Waals surface area contributed by atoms with Gasteiger partial charge in [0.05, 0.1) is 0 Å². The highest BCUT2D eigenvalue weighted by Gasteiger charge is 2.31. The van der Waals surface area contributed by atoms with Gasteiger partial charge < -0.3 is 4.90 Å². The van der Waals surface area contributed by atoms with Crippen LogP contribution in [0.5, 0.6) is 0 Å². The van der Waals surface area contributed by atoms with E-state index in [1.54, 1.807) is 0 Å². The van der Waals surface area contributed by atoms with E-state index in [0.717, 1.165) is 0 Å². The van der Waals surface area contributed by atoms with Crippen molar-refractivity contribution >= 4 is 11.4 Å². The van der Waals surface area contributed by atoms with E-state index in [1.807, 2.05) is 0 Å². The Labute approximate surface area is 289 Å². The third kappa shape index (κ3) is 4.60. The molecule has 1 nitrogen and oxygen atoms in total.